The Hall–Kier alpha value is -0.0800. The quantitative estimate of drug-likeness (QED) is 0.682. The molecule has 0 heterocycles. The summed E-state index contributed by atoms with van der Waals surface area (Å²) in [5, 5.41) is 3.57. The first kappa shape index (κ1) is 12.9. The molecule has 0 aliphatic rings. The predicted molar refractivity (Wildman–Crippen MR) is 60.1 cm³/mol. The molecule has 0 saturated heterocycles. The Kier molecular flexibility index (Phi) is 6.35. The molecule has 0 rings (SSSR count). The molecule has 0 saturated carbocycles. The third kappa shape index (κ3) is 5.27. The lowest BCUT2D eigenvalue weighted by atomic mass is 10.0. The van der Waals surface area contributed by atoms with Crippen molar-refractivity contribution in [1.29, 1.82) is 0 Å². The maximum absolute atomic E-state index is 3.57. The summed E-state index contributed by atoms with van der Waals surface area (Å²) in [6, 6.07) is 1.25. The van der Waals surface area contributed by atoms with Crippen LogP contribution in [0.15, 0.2) is 0 Å². The van der Waals surface area contributed by atoms with E-state index >= 15 is 0 Å². The first-order valence-corrected chi connectivity index (χ1v) is 5.38. The Balaban J connectivity index is 3.63. The number of hydrogen-bond acceptors (Lipinski definition) is 2. The normalized spacial score (nSPS) is 18.7. The summed E-state index contributed by atoms with van der Waals surface area (Å²) in [7, 11) is 4.25. The molecule has 3 unspecified atom stereocenters. The van der Waals surface area contributed by atoms with Gasteiger partial charge in [0.05, 0.1) is 0 Å². The minimum absolute atomic E-state index is 0.617. The van der Waals surface area contributed by atoms with Gasteiger partial charge in [0, 0.05) is 18.6 Å². The zero-order valence-corrected chi connectivity index (χ0v) is 10.1. The van der Waals surface area contributed by atoms with Crippen LogP contribution in [0.4, 0.5) is 0 Å². The van der Waals surface area contributed by atoms with Gasteiger partial charge in [0.2, 0.25) is 0 Å². The summed E-state index contributed by atoms with van der Waals surface area (Å²) in [6.45, 7) is 10.2. The van der Waals surface area contributed by atoms with E-state index < -0.39 is 0 Å². The summed E-state index contributed by atoms with van der Waals surface area (Å²) in [4.78, 5) is 2.25. The molecule has 3 atom stereocenters. The maximum Gasteiger partial charge on any atom is 0.0186 e. The molecule has 13 heavy (non-hydrogen) atoms. The van der Waals surface area contributed by atoms with E-state index in [1.165, 1.54) is 6.42 Å². The minimum Gasteiger partial charge on any atom is -0.312 e. The van der Waals surface area contributed by atoms with Gasteiger partial charge in [-0.05, 0) is 33.9 Å². The molecule has 2 heteroatoms. The Morgan fingerprint density at radius 2 is 1.69 bits per heavy atom. The fourth-order valence-corrected chi connectivity index (χ4v) is 1.09. The monoisotopic (exact) mass is 186 g/mol. The van der Waals surface area contributed by atoms with Gasteiger partial charge in [-0.3, -0.25) is 0 Å². The van der Waals surface area contributed by atoms with Crippen LogP contribution in [0.25, 0.3) is 0 Å². The molecule has 0 amide bonds. The van der Waals surface area contributed by atoms with Crippen LogP contribution in [0, 0.1) is 5.92 Å². The molecule has 0 aromatic rings. The van der Waals surface area contributed by atoms with Gasteiger partial charge in [-0.2, -0.15) is 0 Å². The van der Waals surface area contributed by atoms with Crippen LogP contribution in [0.1, 0.15) is 34.1 Å². The van der Waals surface area contributed by atoms with E-state index in [4.69, 9.17) is 0 Å². The SMILES string of the molecule is CCC(C)C(C)NCC(C)N(C)C. The second kappa shape index (κ2) is 6.39. The zero-order valence-electron chi connectivity index (χ0n) is 10.1. The van der Waals surface area contributed by atoms with Crippen molar-refractivity contribution in [3.8, 4) is 0 Å². The van der Waals surface area contributed by atoms with Crippen LogP contribution in [0.5, 0.6) is 0 Å². The number of likely N-dealkylation sites (N-methyl/N-ethyl adjacent to an activating group) is 1. The molecule has 0 spiro atoms. The summed E-state index contributed by atoms with van der Waals surface area (Å²) in [6.07, 6.45) is 1.25. The summed E-state index contributed by atoms with van der Waals surface area (Å²) in [5.41, 5.74) is 0. The van der Waals surface area contributed by atoms with Gasteiger partial charge in [0.1, 0.15) is 0 Å². The highest BCUT2D eigenvalue weighted by molar-refractivity contribution is 4.71. The van der Waals surface area contributed by atoms with E-state index in [1.54, 1.807) is 0 Å². The fraction of sp³-hybridized carbons (Fsp3) is 1.00. The number of hydrogen-bond donors (Lipinski definition) is 1. The minimum atomic E-state index is 0.617. The Labute approximate surface area is 83.7 Å². The molecule has 0 aliphatic carbocycles. The van der Waals surface area contributed by atoms with Crippen LogP contribution in [-0.4, -0.2) is 37.6 Å². The van der Waals surface area contributed by atoms with E-state index in [2.05, 4.69) is 52.0 Å². The van der Waals surface area contributed by atoms with Gasteiger partial charge < -0.3 is 10.2 Å². The van der Waals surface area contributed by atoms with Crippen molar-refractivity contribution in [1.82, 2.24) is 10.2 Å². The summed E-state index contributed by atoms with van der Waals surface area (Å²) in [5.74, 6) is 0.773. The van der Waals surface area contributed by atoms with Gasteiger partial charge in [-0.15, -0.1) is 0 Å². The molecule has 1 N–H and O–H groups in total. The van der Waals surface area contributed by atoms with Crippen LogP contribution in [0.2, 0.25) is 0 Å². The second-order valence-corrected chi connectivity index (χ2v) is 4.40. The molecule has 80 valence electrons. The van der Waals surface area contributed by atoms with Crippen molar-refractivity contribution in [3.05, 3.63) is 0 Å². The number of nitrogens with one attached hydrogen (secondary N) is 1. The molecule has 0 bridgehead atoms. The number of nitrogens with zero attached hydrogens (tertiary/aromatic N) is 1. The molecular weight excluding hydrogens is 160 g/mol. The molecule has 0 fully saturated rings. The molecule has 0 aliphatic heterocycles. The van der Waals surface area contributed by atoms with Crippen molar-refractivity contribution in [3.63, 3.8) is 0 Å². The van der Waals surface area contributed by atoms with Crippen molar-refractivity contribution in [2.24, 2.45) is 5.92 Å². The molecule has 2 nitrogen and oxygen atoms in total. The van der Waals surface area contributed by atoms with Crippen LogP contribution in [0.3, 0.4) is 0 Å². The van der Waals surface area contributed by atoms with Gasteiger partial charge in [-0.25, -0.2) is 0 Å². The van der Waals surface area contributed by atoms with E-state index in [1.807, 2.05) is 0 Å². The lowest BCUT2D eigenvalue weighted by molar-refractivity contribution is 0.279. The molecule has 0 aromatic carbocycles. The van der Waals surface area contributed by atoms with E-state index in [0.717, 1.165) is 12.5 Å². The van der Waals surface area contributed by atoms with Crippen molar-refractivity contribution in [2.45, 2.75) is 46.2 Å². The predicted octanol–water partition coefficient (Wildman–Crippen LogP) is 1.96. The van der Waals surface area contributed by atoms with Gasteiger partial charge in [0.15, 0.2) is 0 Å². The lowest BCUT2D eigenvalue weighted by Gasteiger charge is -2.25. The Morgan fingerprint density at radius 1 is 1.15 bits per heavy atom. The maximum atomic E-state index is 3.57. The fourth-order valence-electron chi connectivity index (χ4n) is 1.09. The Morgan fingerprint density at radius 3 is 2.08 bits per heavy atom. The number of rotatable bonds is 6. The Bertz CT molecular complexity index is 123. The van der Waals surface area contributed by atoms with Gasteiger partial charge >= 0.3 is 0 Å². The van der Waals surface area contributed by atoms with Crippen LogP contribution >= 0.6 is 0 Å². The van der Waals surface area contributed by atoms with Crippen molar-refractivity contribution in [2.75, 3.05) is 20.6 Å². The molecule has 0 radical (unpaired) electrons. The smallest absolute Gasteiger partial charge is 0.0186 e. The lowest BCUT2D eigenvalue weighted by Crippen LogP contribution is -2.41. The van der Waals surface area contributed by atoms with Crippen molar-refractivity contribution >= 4 is 0 Å². The largest absolute Gasteiger partial charge is 0.312 e. The molecule has 0 aromatic heterocycles. The van der Waals surface area contributed by atoms with Crippen LogP contribution in [-0.2, 0) is 0 Å². The third-order valence-corrected chi connectivity index (χ3v) is 3.11. The van der Waals surface area contributed by atoms with Crippen LogP contribution < -0.4 is 5.32 Å². The highest BCUT2D eigenvalue weighted by Gasteiger charge is 2.11. The molecular formula is C11H26N2. The highest BCUT2D eigenvalue weighted by atomic mass is 15.1. The first-order chi connectivity index (χ1) is 5.99. The van der Waals surface area contributed by atoms with E-state index in [9.17, 15) is 0 Å². The standard InChI is InChI=1S/C11H26N2/c1-7-9(2)11(4)12-8-10(3)13(5)6/h9-12H,7-8H2,1-6H3. The van der Waals surface area contributed by atoms with Gasteiger partial charge in [0.25, 0.3) is 0 Å². The van der Waals surface area contributed by atoms with Gasteiger partial charge in [-0.1, -0.05) is 20.3 Å². The highest BCUT2D eigenvalue weighted by Crippen LogP contribution is 2.06. The van der Waals surface area contributed by atoms with E-state index in [0.29, 0.717) is 12.1 Å². The topological polar surface area (TPSA) is 15.3 Å². The average molecular weight is 186 g/mol. The van der Waals surface area contributed by atoms with Crippen molar-refractivity contribution < 1.29 is 0 Å². The third-order valence-electron chi connectivity index (χ3n) is 3.11. The zero-order chi connectivity index (χ0) is 10.4. The average Bonchev–Trinajstić information content (AvgIpc) is 2.11. The summed E-state index contributed by atoms with van der Waals surface area (Å²) < 4.78 is 0. The summed E-state index contributed by atoms with van der Waals surface area (Å²) >= 11 is 0. The van der Waals surface area contributed by atoms with E-state index in [-0.39, 0.29) is 0 Å². The second-order valence-electron chi connectivity index (χ2n) is 4.40. The first-order valence-electron chi connectivity index (χ1n) is 5.38.